The molecule has 0 fully saturated rings. The van der Waals surface area contributed by atoms with Crippen LogP contribution in [0.1, 0.15) is 6.42 Å². The van der Waals surface area contributed by atoms with Crippen LogP contribution in [0.2, 0.25) is 0 Å². The molecular formula is C6H9NO2. The summed E-state index contributed by atoms with van der Waals surface area (Å²) in [7, 11) is 0. The lowest BCUT2D eigenvalue weighted by Gasteiger charge is -2.07. The van der Waals surface area contributed by atoms with Gasteiger partial charge in [0, 0.05) is 0 Å². The number of hydrogen-bond donors (Lipinski definition) is 1. The van der Waals surface area contributed by atoms with E-state index in [4.69, 9.17) is 9.94 Å². The van der Waals surface area contributed by atoms with Gasteiger partial charge >= 0.3 is 0 Å². The second-order valence-electron chi connectivity index (χ2n) is 1.86. The van der Waals surface area contributed by atoms with Gasteiger partial charge in [-0.25, -0.2) is 0 Å². The molecule has 0 aromatic rings. The van der Waals surface area contributed by atoms with Gasteiger partial charge in [0.1, 0.15) is 0 Å². The van der Waals surface area contributed by atoms with E-state index in [0.29, 0.717) is 6.61 Å². The molecule has 0 amide bonds. The summed E-state index contributed by atoms with van der Waals surface area (Å²) in [5.41, 5.74) is 0.948. The largest absolute Gasteiger partial charge is 0.411 e. The van der Waals surface area contributed by atoms with E-state index in [1.807, 2.05) is 6.08 Å². The molecule has 0 saturated heterocycles. The molecule has 0 unspecified atom stereocenters. The lowest BCUT2D eigenvalue weighted by molar-refractivity contribution is 0.154. The summed E-state index contributed by atoms with van der Waals surface area (Å²) in [6.45, 7) is 1.35. The maximum atomic E-state index is 8.09. The van der Waals surface area contributed by atoms with Crippen LogP contribution in [0.5, 0.6) is 0 Å². The highest BCUT2D eigenvalue weighted by atomic mass is 16.5. The first kappa shape index (κ1) is 6.29. The van der Waals surface area contributed by atoms with E-state index in [2.05, 4.69) is 5.16 Å². The summed E-state index contributed by atoms with van der Waals surface area (Å²) < 4.78 is 5.06. The van der Waals surface area contributed by atoms with Crippen molar-refractivity contribution in [2.24, 2.45) is 5.16 Å². The fraction of sp³-hybridized carbons (Fsp3) is 0.500. The topological polar surface area (TPSA) is 41.8 Å². The molecule has 0 atom stereocenters. The Labute approximate surface area is 53.6 Å². The molecule has 1 heterocycles. The maximum Gasteiger partial charge on any atom is 0.0730 e. The molecule has 0 aliphatic carbocycles. The molecule has 1 rings (SSSR count). The van der Waals surface area contributed by atoms with Gasteiger partial charge in [0.25, 0.3) is 0 Å². The first-order valence-corrected chi connectivity index (χ1v) is 2.87. The second-order valence-corrected chi connectivity index (χ2v) is 1.86. The molecule has 0 radical (unpaired) electrons. The summed E-state index contributed by atoms with van der Waals surface area (Å²) >= 11 is 0. The van der Waals surface area contributed by atoms with Crippen LogP contribution in [-0.4, -0.2) is 24.6 Å². The molecule has 0 spiro atoms. The van der Waals surface area contributed by atoms with E-state index in [0.717, 1.165) is 18.6 Å². The average molecular weight is 127 g/mol. The predicted octanol–water partition coefficient (Wildman–Crippen LogP) is 0.793. The molecule has 0 saturated carbocycles. The zero-order valence-corrected chi connectivity index (χ0v) is 5.08. The maximum absolute atomic E-state index is 8.09. The Morgan fingerprint density at radius 3 is 3.22 bits per heavy atom. The Hall–Kier alpha value is -0.830. The minimum Gasteiger partial charge on any atom is -0.411 e. The van der Waals surface area contributed by atoms with Crippen LogP contribution in [-0.2, 0) is 4.74 Å². The van der Waals surface area contributed by atoms with Gasteiger partial charge in [0.15, 0.2) is 0 Å². The third-order valence-corrected chi connectivity index (χ3v) is 1.16. The van der Waals surface area contributed by atoms with Crippen molar-refractivity contribution in [1.82, 2.24) is 0 Å². The zero-order valence-electron chi connectivity index (χ0n) is 5.08. The molecule has 0 aromatic carbocycles. The number of nitrogens with zero attached hydrogens (tertiary/aromatic N) is 1. The molecule has 1 N–H and O–H groups in total. The van der Waals surface area contributed by atoms with Crippen molar-refractivity contribution in [2.45, 2.75) is 6.42 Å². The van der Waals surface area contributed by atoms with E-state index in [1.165, 1.54) is 6.21 Å². The van der Waals surface area contributed by atoms with Gasteiger partial charge in [-0.2, -0.15) is 0 Å². The Morgan fingerprint density at radius 2 is 2.67 bits per heavy atom. The van der Waals surface area contributed by atoms with Crippen molar-refractivity contribution in [1.29, 1.82) is 0 Å². The molecule has 50 valence electrons. The van der Waals surface area contributed by atoms with Gasteiger partial charge < -0.3 is 9.94 Å². The number of oxime groups is 1. The number of rotatable bonds is 1. The summed E-state index contributed by atoms with van der Waals surface area (Å²) in [5, 5.41) is 11.0. The van der Waals surface area contributed by atoms with Crippen molar-refractivity contribution < 1.29 is 9.94 Å². The van der Waals surface area contributed by atoms with E-state index in [1.54, 1.807) is 0 Å². The van der Waals surface area contributed by atoms with Crippen molar-refractivity contribution in [3.05, 3.63) is 11.6 Å². The lowest BCUT2D eigenvalue weighted by Crippen LogP contribution is -2.06. The van der Waals surface area contributed by atoms with Gasteiger partial charge in [-0.05, 0) is 12.0 Å². The van der Waals surface area contributed by atoms with Gasteiger partial charge in [-0.3, -0.25) is 0 Å². The fourth-order valence-electron chi connectivity index (χ4n) is 0.741. The monoisotopic (exact) mass is 127 g/mol. The highest BCUT2D eigenvalue weighted by molar-refractivity contribution is 5.78. The first-order chi connectivity index (χ1) is 4.43. The summed E-state index contributed by atoms with van der Waals surface area (Å²) in [6, 6.07) is 0. The molecule has 9 heavy (non-hydrogen) atoms. The van der Waals surface area contributed by atoms with Crippen molar-refractivity contribution in [3.8, 4) is 0 Å². The van der Waals surface area contributed by atoms with Crippen molar-refractivity contribution >= 4 is 6.21 Å². The van der Waals surface area contributed by atoms with Crippen LogP contribution in [0.4, 0.5) is 0 Å². The molecule has 0 aromatic heterocycles. The van der Waals surface area contributed by atoms with Crippen molar-refractivity contribution in [3.63, 3.8) is 0 Å². The number of ether oxygens (including phenoxy) is 1. The molecule has 0 bridgehead atoms. The van der Waals surface area contributed by atoms with Gasteiger partial charge in [-0.15, -0.1) is 0 Å². The van der Waals surface area contributed by atoms with Gasteiger partial charge in [-0.1, -0.05) is 11.2 Å². The Morgan fingerprint density at radius 1 is 1.78 bits per heavy atom. The van der Waals surface area contributed by atoms with Gasteiger partial charge in [0.05, 0.1) is 19.4 Å². The van der Waals surface area contributed by atoms with Gasteiger partial charge in [0.2, 0.25) is 0 Å². The highest BCUT2D eigenvalue weighted by Gasteiger charge is 1.99. The van der Waals surface area contributed by atoms with Crippen LogP contribution in [0.3, 0.4) is 0 Å². The highest BCUT2D eigenvalue weighted by Crippen LogP contribution is 2.01. The van der Waals surface area contributed by atoms with Crippen LogP contribution in [0.15, 0.2) is 16.8 Å². The van der Waals surface area contributed by atoms with E-state index >= 15 is 0 Å². The van der Waals surface area contributed by atoms with Crippen molar-refractivity contribution in [2.75, 3.05) is 13.2 Å². The first-order valence-electron chi connectivity index (χ1n) is 2.87. The molecule has 1 aliphatic heterocycles. The molecule has 3 nitrogen and oxygen atoms in total. The Kier molecular flexibility index (Phi) is 2.27. The van der Waals surface area contributed by atoms with E-state index < -0.39 is 0 Å². The molecule has 3 heteroatoms. The molecular weight excluding hydrogens is 118 g/mol. The predicted molar refractivity (Wildman–Crippen MR) is 33.8 cm³/mol. The summed E-state index contributed by atoms with van der Waals surface area (Å²) in [5.74, 6) is 0. The van der Waals surface area contributed by atoms with E-state index in [9.17, 15) is 0 Å². The molecule has 1 aliphatic rings. The zero-order chi connectivity index (χ0) is 6.53. The summed E-state index contributed by atoms with van der Waals surface area (Å²) in [6.07, 6.45) is 4.32. The minimum atomic E-state index is 0.573. The standard InChI is InChI=1S/C6H9NO2/c8-7-4-6-2-1-3-9-5-6/h2,4,8H,1,3,5H2/b7-4+. The quantitative estimate of drug-likeness (QED) is 0.321. The third-order valence-electron chi connectivity index (χ3n) is 1.16. The average Bonchev–Trinajstić information content (AvgIpc) is 1.91. The van der Waals surface area contributed by atoms with Crippen LogP contribution in [0.25, 0.3) is 0 Å². The van der Waals surface area contributed by atoms with Crippen LogP contribution in [0, 0.1) is 0 Å². The summed E-state index contributed by atoms with van der Waals surface area (Å²) in [4.78, 5) is 0. The second kappa shape index (κ2) is 3.25. The minimum absolute atomic E-state index is 0.573. The normalized spacial score (nSPS) is 20.2. The van der Waals surface area contributed by atoms with Crippen LogP contribution < -0.4 is 0 Å². The Balaban J connectivity index is 2.46. The SMILES string of the molecule is O/N=C/C1=CCCOC1. The smallest absolute Gasteiger partial charge is 0.0730 e. The number of hydrogen-bond acceptors (Lipinski definition) is 3. The Bertz CT molecular complexity index is 140. The third kappa shape index (κ3) is 1.85. The lowest BCUT2D eigenvalue weighted by atomic mass is 10.2. The van der Waals surface area contributed by atoms with Crippen LogP contribution >= 0.6 is 0 Å². The van der Waals surface area contributed by atoms with E-state index in [-0.39, 0.29) is 0 Å². The fourth-order valence-corrected chi connectivity index (χ4v) is 0.741.